The molecule has 2 aromatic carbocycles. The number of anilines is 1. The minimum absolute atomic E-state index is 0.154. The zero-order valence-electron chi connectivity index (χ0n) is 15.9. The first-order chi connectivity index (χ1) is 13.9. The zero-order chi connectivity index (χ0) is 21.0. The number of carbonyl (C=O) groups excluding carboxylic acids is 1. The Kier molecular flexibility index (Phi) is 6.13. The van der Waals surface area contributed by atoms with Crippen molar-refractivity contribution in [3.05, 3.63) is 81.4 Å². The fourth-order valence-electron chi connectivity index (χ4n) is 2.80. The Bertz CT molecular complexity index is 1030. The van der Waals surface area contributed by atoms with Crippen LogP contribution in [0.25, 0.3) is 0 Å². The van der Waals surface area contributed by atoms with E-state index >= 15 is 0 Å². The molecule has 0 spiro atoms. The number of nitro groups is 1. The number of aromatic nitrogens is 2. The number of aryl methyl sites for hydroxylation is 1. The highest BCUT2D eigenvalue weighted by Gasteiger charge is 2.22. The van der Waals surface area contributed by atoms with Crippen LogP contribution in [0.1, 0.15) is 16.2 Å². The van der Waals surface area contributed by atoms with Gasteiger partial charge in [0.15, 0.2) is 5.82 Å². The van der Waals surface area contributed by atoms with Crippen molar-refractivity contribution in [1.29, 1.82) is 0 Å². The number of ether oxygens (including phenoxy) is 1. The van der Waals surface area contributed by atoms with Gasteiger partial charge in [-0.3, -0.25) is 14.9 Å². The first-order valence-corrected chi connectivity index (χ1v) is 9.14. The predicted molar refractivity (Wildman–Crippen MR) is 110 cm³/mol. The molecule has 0 unspecified atom stereocenters. The van der Waals surface area contributed by atoms with Crippen LogP contribution in [0.4, 0.5) is 11.4 Å². The van der Waals surface area contributed by atoms with Crippen molar-refractivity contribution in [2.75, 3.05) is 25.1 Å². The van der Waals surface area contributed by atoms with Gasteiger partial charge in [0.25, 0.3) is 5.69 Å². The van der Waals surface area contributed by atoms with Gasteiger partial charge in [0.2, 0.25) is 5.78 Å². The summed E-state index contributed by atoms with van der Waals surface area (Å²) in [6, 6.07) is 11.4. The van der Waals surface area contributed by atoms with Gasteiger partial charge >= 0.3 is 0 Å². The number of likely N-dealkylation sites (N-methyl/N-ethyl adjacent to an activating group) is 1. The number of rotatable bonds is 8. The van der Waals surface area contributed by atoms with E-state index in [1.54, 1.807) is 66.2 Å². The molecule has 0 radical (unpaired) electrons. The SMILES string of the molecule is CN(CCOc1ccc(Cl)cc1)c1ccc(C(=O)c2nccn2C)cc1[N+](=O)[O-]. The normalized spacial score (nSPS) is 10.6. The maximum atomic E-state index is 12.6. The lowest BCUT2D eigenvalue weighted by Gasteiger charge is -2.19. The monoisotopic (exact) mass is 414 g/mol. The summed E-state index contributed by atoms with van der Waals surface area (Å²) in [4.78, 5) is 29.4. The van der Waals surface area contributed by atoms with E-state index in [1.165, 1.54) is 12.3 Å². The molecule has 0 amide bonds. The molecule has 0 aliphatic carbocycles. The fraction of sp³-hybridized carbons (Fsp3) is 0.200. The summed E-state index contributed by atoms with van der Waals surface area (Å²) in [7, 11) is 3.42. The van der Waals surface area contributed by atoms with Crippen LogP contribution in [0.3, 0.4) is 0 Å². The molecule has 0 N–H and O–H groups in total. The topological polar surface area (TPSA) is 90.5 Å². The van der Waals surface area contributed by atoms with E-state index in [4.69, 9.17) is 16.3 Å². The second kappa shape index (κ2) is 8.74. The van der Waals surface area contributed by atoms with E-state index in [2.05, 4.69) is 4.98 Å². The molecule has 0 saturated carbocycles. The van der Waals surface area contributed by atoms with Crippen LogP contribution in [0, 0.1) is 10.1 Å². The summed E-state index contributed by atoms with van der Waals surface area (Å²) in [5.74, 6) is 0.506. The molecule has 9 heteroatoms. The van der Waals surface area contributed by atoms with Gasteiger partial charge in [-0.2, -0.15) is 0 Å². The maximum Gasteiger partial charge on any atom is 0.293 e. The highest BCUT2D eigenvalue weighted by molar-refractivity contribution is 6.30. The molecule has 0 fully saturated rings. The average Bonchev–Trinajstić information content (AvgIpc) is 3.14. The van der Waals surface area contributed by atoms with Crippen LogP contribution in [-0.2, 0) is 7.05 Å². The van der Waals surface area contributed by atoms with Crippen molar-refractivity contribution in [2.24, 2.45) is 7.05 Å². The molecule has 3 aromatic rings. The Balaban J connectivity index is 1.74. The lowest BCUT2D eigenvalue weighted by Crippen LogP contribution is -2.24. The van der Waals surface area contributed by atoms with E-state index in [0.29, 0.717) is 29.6 Å². The number of carbonyl (C=O) groups is 1. The average molecular weight is 415 g/mol. The number of halogens is 1. The van der Waals surface area contributed by atoms with Gasteiger partial charge < -0.3 is 14.2 Å². The minimum Gasteiger partial charge on any atom is -0.492 e. The van der Waals surface area contributed by atoms with Gasteiger partial charge in [-0.25, -0.2) is 4.98 Å². The number of hydrogen-bond donors (Lipinski definition) is 0. The van der Waals surface area contributed by atoms with Crippen molar-refractivity contribution in [3.8, 4) is 5.75 Å². The summed E-state index contributed by atoms with van der Waals surface area (Å²) < 4.78 is 7.21. The summed E-state index contributed by atoms with van der Waals surface area (Å²) in [5, 5.41) is 12.2. The van der Waals surface area contributed by atoms with Gasteiger partial charge in [0.05, 0.1) is 11.5 Å². The summed E-state index contributed by atoms with van der Waals surface area (Å²) in [6.45, 7) is 0.735. The van der Waals surface area contributed by atoms with Crippen LogP contribution in [0.15, 0.2) is 54.9 Å². The van der Waals surface area contributed by atoms with Gasteiger partial charge in [-0.1, -0.05) is 11.6 Å². The van der Waals surface area contributed by atoms with Crippen LogP contribution in [0.5, 0.6) is 5.75 Å². The predicted octanol–water partition coefficient (Wildman–Crippen LogP) is 3.73. The highest BCUT2D eigenvalue weighted by Crippen LogP contribution is 2.29. The van der Waals surface area contributed by atoms with E-state index in [9.17, 15) is 14.9 Å². The van der Waals surface area contributed by atoms with E-state index < -0.39 is 4.92 Å². The molecule has 1 heterocycles. The van der Waals surface area contributed by atoms with Crippen molar-refractivity contribution in [3.63, 3.8) is 0 Å². The van der Waals surface area contributed by atoms with E-state index in [1.807, 2.05) is 0 Å². The quantitative estimate of drug-likeness (QED) is 0.317. The molecule has 8 nitrogen and oxygen atoms in total. The van der Waals surface area contributed by atoms with Crippen molar-refractivity contribution < 1.29 is 14.5 Å². The highest BCUT2D eigenvalue weighted by atomic mass is 35.5. The molecule has 29 heavy (non-hydrogen) atoms. The van der Waals surface area contributed by atoms with Crippen LogP contribution in [-0.4, -0.2) is 40.5 Å². The van der Waals surface area contributed by atoms with Crippen LogP contribution >= 0.6 is 11.6 Å². The number of nitrogens with zero attached hydrogens (tertiary/aromatic N) is 4. The lowest BCUT2D eigenvalue weighted by atomic mass is 10.1. The standard InChI is InChI=1S/C20H19ClN4O4/c1-23(11-12-29-16-6-4-15(21)5-7-16)17-8-3-14(13-18(17)25(27)28)19(26)20-22-9-10-24(20)2/h3-10,13H,11-12H2,1-2H3. The molecule has 0 atom stereocenters. The van der Waals surface area contributed by atoms with Gasteiger partial charge in [0, 0.05) is 43.1 Å². The molecule has 0 bridgehead atoms. The van der Waals surface area contributed by atoms with Crippen LogP contribution in [0.2, 0.25) is 5.02 Å². The third kappa shape index (κ3) is 4.72. The molecular weight excluding hydrogens is 396 g/mol. The maximum absolute atomic E-state index is 12.6. The number of nitro benzene ring substituents is 1. The first kappa shape index (κ1) is 20.3. The first-order valence-electron chi connectivity index (χ1n) is 8.77. The molecule has 3 rings (SSSR count). The lowest BCUT2D eigenvalue weighted by molar-refractivity contribution is -0.384. The molecule has 150 valence electrons. The third-order valence-corrected chi connectivity index (χ3v) is 4.63. The Morgan fingerprint density at radius 2 is 2.00 bits per heavy atom. The number of imidazole rings is 1. The molecule has 0 aliphatic heterocycles. The van der Waals surface area contributed by atoms with Gasteiger partial charge in [-0.15, -0.1) is 0 Å². The Labute approximate surface area is 172 Å². The number of ketones is 1. The Hall–Kier alpha value is -3.39. The molecule has 0 aliphatic rings. The van der Waals surface area contributed by atoms with E-state index in [0.717, 1.165) is 0 Å². The van der Waals surface area contributed by atoms with Gasteiger partial charge in [0.1, 0.15) is 18.0 Å². The molecule has 0 saturated heterocycles. The zero-order valence-corrected chi connectivity index (χ0v) is 16.7. The summed E-state index contributed by atoms with van der Waals surface area (Å²) >= 11 is 5.84. The second-order valence-electron chi connectivity index (χ2n) is 6.38. The Morgan fingerprint density at radius 3 is 2.62 bits per heavy atom. The number of benzene rings is 2. The van der Waals surface area contributed by atoms with Gasteiger partial charge in [-0.05, 0) is 36.4 Å². The van der Waals surface area contributed by atoms with Crippen molar-refractivity contribution in [2.45, 2.75) is 0 Å². The Morgan fingerprint density at radius 1 is 1.28 bits per heavy atom. The second-order valence-corrected chi connectivity index (χ2v) is 6.81. The van der Waals surface area contributed by atoms with Crippen molar-refractivity contribution in [1.82, 2.24) is 9.55 Å². The fourth-order valence-corrected chi connectivity index (χ4v) is 2.92. The van der Waals surface area contributed by atoms with E-state index in [-0.39, 0.29) is 22.9 Å². The third-order valence-electron chi connectivity index (χ3n) is 4.38. The smallest absolute Gasteiger partial charge is 0.293 e. The number of hydrogen-bond acceptors (Lipinski definition) is 6. The minimum atomic E-state index is -0.499. The summed E-state index contributed by atoms with van der Waals surface area (Å²) in [5.41, 5.74) is 0.450. The summed E-state index contributed by atoms with van der Waals surface area (Å²) in [6.07, 6.45) is 3.15. The largest absolute Gasteiger partial charge is 0.492 e. The van der Waals surface area contributed by atoms with Crippen LogP contribution < -0.4 is 9.64 Å². The molecule has 1 aromatic heterocycles. The molecular formula is C20H19ClN4O4. The van der Waals surface area contributed by atoms with Crippen molar-refractivity contribution >= 4 is 28.8 Å².